The van der Waals surface area contributed by atoms with Crippen molar-refractivity contribution in [2.24, 2.45) is 4.99 Å². The number of nitrogens with one attached hydrogen (secondary N) is 2. The molecule has 0 radical (unpaired) electrons. The van der Waals surface area contributed by atoms with Crippen molar-refractivity contribution in [3.63, 3.8) is 0 Å². The molecule has 25 heavy (non-hydrogen) atoms. The molecule has 0 saturated carbocycles. The van der Waals surface area contributed by atoms with E-state index < -0.39 is 0 Å². The topological polar surface area (TPSA) is 58.5 Å². The summed E-state index contributed by atoms with van der Waals surface area (Å²) in [6, 6.07) is 6.25. The Balaban J connectivity index is 0.00000312. The Bertz CT molecular complexity index is 667. The summed E-state index contributed by atoms with van der Waals surface area (Å²) in [6.07, 6.45) is 1.88. The molecule has 0 saturated heterocycles. The lowest BCUT2D eigenvalue weighted by molar-refractivity contribution is 0.321. The summed E-state index contributed by atoms with van der Waals surface area (Å²) in [5.41, 5.74) is 2.43. The van der Waals surface area contributed by atoms with Crippen molar-refractivity contribution in [3.8, 4) is 5.75 Å². The quantitative estimate of drug-likeness (QED) is 0.277. The molecule has 1 heterocycles. The Labute approximate surface area is 171 Å². The average Bonchev–Trinajstić information content (AvgIpc) is 2.93. The molecule has 0 bridgehead atoms. The van der Waals surface area contributed by atoms with Crippen molar-refractivity contribution in [2.45, 2.75) is 34.2 Å². The van der Waals surface area contributed by atoms with E-state index in [4.69, 9.17) is 4.74 Å². The summed E-state index contributed by atoms with van der Waals surface area (Å²) in [7, 11) is 0. The zero-order chi connectivity index (χ0) is 17.4. The fourth-order valence-corrected chi connectivity index (χ4v) is 3.03. The Morgan fingerprint density at radius 3 is 2.48 bits per heavy atom. The second-order valence-electron chi connectivity index (χ2n) is 5.66. The van der Waals surface area contributed by atoms with Crippen LogP contribution in [0.2, 0.25) is 0 Å². The van der Waals surface area contributed by atoms with E-state index in [0.717, 1.165) is 23.3 Å². The predicted molar refractivity (Wildman–Crippen MR) is 116 cm³/mol. The highest BCUT2D eigenvalue weighted by atomic mass is 127. The van der Waals surface area contributed by atoms with Crippen LogP contribution in [0.5, 0.6) is 5.75 Å². The first-order valence-corrected chi connectivity index (χ1v) is 9.03. The van der Waals surface area contributed by atoms with Crippen molar-refractivity contribution in [2.75, 3.05) is 19.7 Å². The normalized spacial score (nSPS) is 11.0. The molecule has 5 nitrogen and oxygen atoms in total. The van der Waals surface area contributed by atoms with Crippen molar-refractivity contribution in [1.29, 1.82) is 0 Å². The number of thiazole rings is 1. The van der Waals surface area contributed by atoms with Crippen LogP contribution in [0, 0.1) is 20.8 Å². The lowest BCUT2D eigenvalue weighted by atomic mass is 10.1. The van der Waals surface area contributed by atoms with E-state index in [0.29, 0.717) is 19.7 Å². The molecule has 0 aliphatic rings. The van der Waals surface area contributed by atoms with Gasteiger partial charge in [-0.3, -0.25) is 0 Å². The molecule has 1 aromatic carbocycles. The Morgan fingerprint density at radius 1 is 1.16 bits per heavy atom. The second-order valence-corrected chi connectivity index (χ2v) is 6.98. The monoisotopic (exact) mass is 474 g/mol. The molecule has 0 fully saturated rings. The number of aliphatic imine (C=N–C) groups is 1. The number of aromatic nitrogens is 1. The molecule has 0 aliphatic heterocycles. The van der Waals surface area contributed by atoms with Crippen LogP contribution >= 0.6 is 35.3 Å². The molecule has 0 atom stereocenters. The third-order valence-corrected chi connectivity index (χ3v) is 4.14. The van der Waals surface area contributed by atoms with Gasteiger partial charge in [-0.1, -0.05) is 6.07 Å². The van der Waals surface area contributed by atoms with Gasteiger partial charge in [0.1, 0.15) is 17.4 Å². The number of guanidine groups is 1. The van der Waals surface area contributed by atoms with Gasteiger partial charge in [0, 0.05) is 17.6 Å². The molecule has 0 spiro atoms. The van der Waals surface area contributed by atoms with Crippen LogP contribution in [-0.2, 0) is 6.54 Å². The van der Waals surface area contributed by atoms with Crippen LogP contribution in [0.1, 0.15) is 27.9 Å². The number of hydrogen-bond acceptors (Lipinski definition) is 4. The Hall–Kier alpha value is -1.35. The Kier molecular flexibility index (Phi) is 9.81. The molecular formula is C18H27IN4OS. The van der Waals surface area contributed by atoms with Crippen molar-refractivity contribution in [1.82, 2.24) is 15.6 Å². The summed E-state index contributed by atoms with van der Waals surface area (Å²) < 4.78 is 5.81. The summed E-state index contributed by atoms with van der Waals surface area (Å²) in [6.45, 7) is 10.9. The maximum Gasteiger partial charge on any atom is 0.191 e. The van der Waals surface area contributed by atoms with Crippen LogP contribution in [0.15, 0.2) is 29.4 Å². The smallest absolute Gasteiger partial charge is 0.191 e. The van der Waals surface area contributed by atoms with Gasteiger partial charge in [0.15, 0.2) is 5.96 Å². The van der Waals surface area contributed by atoms with Crippen molar-refractivity contribution >= 4 is 41.3 Å². The first kappa shape index (κ1) is 21.7. The van der Waals surface area contributed by atoms with Crippen molar-refractivity contribution < 1.29 is 4.74 Å². The third kappa shape index (κ3) is 8.04. The van der Waals surface area contributed by atoms with E-state index >= 15 is 0 Å². The first-order valence-electron chi connectivity index (χ1n) is 8.21. The second kappa shape index (κ2) is 11.3. The van der Waals surface area contributed by atoms with Crippen LogP contribution in [-0.4, -0.2) is 30.6 Å². The minimum atomic E-state index is 0. The first-order chi connectivity index (χ1) is 11.6. The fraction of sp³-hybridized carbons (Fsp3) is 0.444. The zero-order valence-electron chi connectivity index (χ0n) is 15.3. The molecular weight excluding hydrogens is 447 g/mol. The van der Waals surface area contributed by atoms with E-state index in [1.54, 1.807) is 11.3 Å². The van der Waals surface area contributed by atoms with Crippen LogP contribution in [0.4, 0.5) is 0 Å². The summed E-state index contributed by atoms with van der Waals surface area (Å²) >= 11 is 1.68. The van der Waals surface area contributed by atoms with Gasteiger partial charge in [0.2, 0.25) is 0 Å². The van der Waals surface area contributed by atoms with E-state index in [9.17, 15) is 0 Å². The highest BCUT2D eigenvalue weighted by Gasteiger charge is 2.01. The number of benzene rings is 1. The zero-order valence-corrected chi connectivity index (χ0v) is 18.4. The summed E-state index contributed by atoms with van der Waals surface area (Å²) in [5.74, 6) is 1.70. The molecule has 0 amide bonds. The van der Waals surface area contributed by atoms with Gasteiger partial charge in [0.25, 0.3) is 0 Å². The minimum Gasteiger partial charge on any atom is -0.492 e. The van der Waals surface area contributed by atoms with Crippen molar-refractivity contribution in [3.05, 3.63) is 45.4 Å². The number of nitrogens with zero attached hydrogens (tertiary/aromatic N) is 2. The maximum atomic E-state index is 5.81. The Morgan fingerprint density at radius 2 is 1.88 bits per heavy atom. The summed E-state index contributed by atoms with van der Waals surface area (Å²) in [4.78, 5) is 10.1. The third-order valence-electron chi connectivity index (χ3n) is 3.24. The molecule has 0 aliphatic carbocycles. The molecule has 2 aromatic rings. The van der Waals surface area contributed by atoms with Gasteiger partial charge in [-0.15, -0.1) is 35.3 Å². The van der Waals surface area contributed by atoms with Crippen LogP contribution in [0.3, 0.4) is 0 Å². The molecule has 7 heteroatoms. The van der Waals surface area contributed by atoms with Crippen LogP contribution < -0.4 is 15.4 Å². The van der Waals surface area contributed by atoms with E-state index in [1.165, 1.54) is 16.0 Å². The highest BCUT2D eigenvalue weighted by Crippen LogP contribution is 2.15. The van der Waals surface area contributed by atoms with Gasteiger partial charge in [-0.25, -0.2) is 9.98 Å². The minimum absolute atomic E-state index is 0. The van der Waals surface area contributed by atoms with Gasteiger partial charge >= 0.3 is 0 Å². The van der Waals surface area contributed by atoms with E-state index in [1.807, 2.05) is 6.20 Å². The number of hydrogen-bond donors (Lipinski definition) is 2. The molecule has 138 valence electrons. The number of halogens is 1. The average molecular weight is 474 g/mol. The molecule has 1 aromatic heterocycles. The lowest BCUT2D eigenvalue weighted by Gasteiger charge is -2.12. The van der Waals surface area contributed by atoms with Gasteiger partial charge in [0.05, 0.1) is 13.1 Å². The predicted octanol–water partition coefficient (Wildman–Crippen LogP) is 3.82. The van der Waals surface area contributed by atoms with Crippen LogP contribution in [0.25, 0.3) is 0 Å². The number of aryl methyl sites for hydroxylation is 3. The van der Waals surface area contributed by atoms with E-state index in [-0.39, 0.29) is 24.0 Å². The fourth-order valence-electron chi connectivity index (χ4n) is 2.32. The SMILES string of the molecule is CCNC(=NCc1ncc(C)s1)NCCOc1cc(C)cc(C)c1.I. The molecule has 0 unspecified atom stereocenters. The lowest BCUT2D eigenvalue weighted by Crippen LogP contribution is -2.39. The van der Waals surface area contributed by atoms with E-state index in [2.05, 4.69) is 66.5 Å². The molecule has 2 rings (SSSR count). The molecule has 2 N–H and O–H groups in total. The van der Waals surface area contributed by atoms with Gasteiger partial charge < -0.3 is 15.4 Å². The summed E-state index contributed by atoms with van der Waals surface area (Å²) in [5, 5.41) is 7.55. The number of ether oxygens (including phenoxy) is 1. The maximum absolute atomic E-state index is 5.81. The van der Waals surface area contributed by atoms with Gasteiger partial charge in [-0.2, -0.15) is 0 Å². The highest BCUT2D eigenvalue weighted by molar-refractivity contribution is 14.0. The number of rotatable bonds is 7. The largest absolute Gasteiger partial charge is 0.492 e. The standard InChI is InChI=1S/C18H26N4OS.HI/c1-5-19-18(22-12-17-21-11-15(4)24-17)20-6-7-23-16-9-13(2)8-14(3)10-16;/h8-11H,5-7,12H2,1-4H3,(H2,19,20,22);1H. The van der Waals surface area contributed by atoms with Gasteiger partial charge in [-0.05, 0) is 51.0 Å².